The van der Waals surface area contributed by atoms with E-state index in [0.29, 0.717) is 37.6 Å². The molecule has 1 aliphatic rings. The number of carbonyl (C=O) groups excluding carboxylic acids is 1. The van der Waals surface area contributed by atoms with Crippen LogP contribution in [0.5, 0.6) is 0 Å². The quantitative estimate of drug-likeness (QED) is 0.560. The molecular weight excluding hydrogens is 276 g/mol. The minimum atomic E-state index is -0.609. The topological polar surface area (TPSA) is 119 Å². The van der Waals surface area contributed by atoms with Crippen molar-refractivity contribution in [3.05, 3.63) is 15.8 Å². The minimum Gasteiger partial charge on any atom is -0.368 e. The molecule has 21 heavy (non-hydrogen) atoms. The van der Waals surface area contributed by atoms with E-state index in [1.165, 1.54) is 4.68 Å². The van der Waals surface area contributed by atoms with Crippen LogP contribution in [0, 0.1) is 10.1 Å². The van der Waals surface area contributed by atoms with Crippen molar-refractivity contribution in [2.24, 2.45) is 12.8 Å². The van der Waals surface area contributed by atoms with Crippen LogP contribution in [-0.2, 0) is 18.3 Å². The number of nitrogens with zero attached hydrogens (tertiary/aromatic N) is 4. The normalized spacial score (nSPS) is 18.8. The van der Waals surface area contributed by atoms with Crippen LogP contribution in [0.15, 0.2) is 0 Å². The van der Waals surface area contributed by atoms with Crippen molar-refractivity contribution >= 4 is 17.4 Å². The maximum atomic E-state index is 11.6. The molecule has 1 saturated heterocycles. The Kier molecular flexibility index (Phi) is 4.41. The second-order valence-electron chi connectivity index (χ2n) is 5.07. The van der Waals surface area contributed by atoms with E-state index in [2.05, 4.69) is 10.4 Å². The Bertz CT molecular complexity index is 555. The van der Waals surface area contributed by atoms with Gasteiger partial charge >= 0.3 is 5.69 Å². The standard InChI is InChI=1S/C12H20N6O3/c1-3-4-8-10(18(20)21)12(16(2)15-8)17-6-5-14-7-9(17)11(13)19/h9,14H,3-7H2,1-2H3,(H2,13,19). The van der Waals surface area contributed by atoms with Crippen molar-refractivity contribution in [3.63, 3.8) is 0 Å². The number of primary amides is 1. The summed E-state index contributed by atoms with van der Waals surface area (Å²) in [6.45, 7) is 3.42. The number of aromatic nitrogens is 2. The lowest BCUT2D eigenvalue weighted by Crippen LogP contribution is -2.57. The zero-order valence-electron chi connectivity index (χ0n) is 12.2. The predicted octanol–water partition coefficient (Wildman–Crippen LogP) is -0.456. The van der Waals surface area contributed by atoms with Crippen LogP contribution in [0.2, 0.25) is 0 Å². The summed E-state index contributed by atoms with van der Waals surface area (Å²) in [5, 5.41) is 18.8. The summed E-state index contributed by atoms with van der Waals surface area (Å²) in [6, 6.07) is -0.609. The molecule has 9 nitrogen and oxygen atoms in total. The number of hydrogen-bond donors (Lipinski definition) is 2. The molecule has 0 bridgehead atoms. The molecule has 0 radical (unpaired) electrons. The predicted molar refractivity (Wildman–Crippen MR) is 77.1 cm³/mol. The van der Waals surface area contributed by atoms with Gasteiger partial charge in [0.2, 0.25) is 11.7 Å². The maximum Gasteiger partial charge on any atom is 0.334 e. The third-order valence-electron chi connectivity index (χ3n) is 3.58. The second-order valence-corrected chi connectivity index (χ2v) is 5.07. The van der Waals surface area contributed by atoms with E-state index in [-0.39, 0.29) is 5.69 Å². The van der Waals surface area contributed by atoms with Gasteiger partial charge in [-0.3, -0.25) is 14.9 Å². The van der Waals surface area contributed by atoms with Crippen molar-refractivity contribution in [2.45, 2.75) is 25.8 Å². The third-order valence-corrected chi connectivity index (χ3v) is 3.58. The lowest BCUT2D eigenvalue weighted by Gasteiger charge is -2.34. The largest absolute Gasteiger partial charge is 0.368 e. The first-order chi connectivity index (χ1) is 9.97. The third kappa shape index (κ3) is 2.82. The van der Waals surface area contributed by atoms with Gasteiger partial charge in [-0.15, -0.1) is 0 Å². The van der Waals surface area contributed by atoms with E-state index >= 15 is 0 Å². The molecule has 1 amide bonds. The molecule has 0 aliphatic carbocycles. The molecule has 0 aromatic carbocycles. The average molecular weight is 296 g/mol. The van der Waals surface area contributed by atoms with Crippen LogP contribution >= 0.6 is 0 Å². The molecule has 0 saturated carbocycles. The molecule has 9 heteroatoms. The fourth-order valence-electron chi connectivity index (χ4n) is 2.68. The Morgan fingerprint density at radius 3 is 2.90 bits per heavy atom. The molecule has 2 rings (SSSR count). The SMILES string of the molecule is CCCc1nn(C)c(N2CCNCC2C(N)=O)c1[N+](=O)[O-]. The van der Waals surface area contributed by atoms with E-state index in [9.17, 15) is 14.9 Å². The van der Waals surface area contributed by atoms with Gasteiger partial charge in [-0.05, 0) is 6.42 Å². The number of nitrogens with one attached hydrogen (secondary N) is 1. The monoisotopic (exact) mass is 296 g/mol. The number of piperazine rings is 1. The number of rotatable bonds is 5. The Morgan fingerprint density at radius 2 is 2.33 bits per heavy atom. The molecule has 2 heterocycles. The Morgan fingerprint density at radius 1 is 1.62 bits per heavy atom. The van der Waals surface area contributed by atoms with Gasteiger partial charge in [0.05, 0.1) is 4.92 Å². The molecule has 1 aromatic heterocycles. The molecule has 0 spiro atoms. The van der Waals surface area contributed by atoms with Gasteiger partial charge in [0.25, 0.3) is 0 Å². The molecule has 3 N–H and O–H groups in total. The molecule has 1 fully saturated rings. The van der Waals surface area contributed by atoms with Crippen LogP contribution in [0.25, 0.3) is 0 Å². The van der Waals surface area contributed by atoms with E-state index < -0.39 is 16.9 Å². The molecule has 1 unspecified atom stereocenters. The zero-order valence-corrected chi connectivity index (χ0v) is 12.2. The number of hydrogen-bond acceptors (Lipinski definition) is 6. The highest BCUT2D eigenvalue weighted by Gasteiger charge is 2.36. The van der Waals surface area contributed by atoms with Crippen molar-refractivity contribution < 1.29 is 9.72 Å². The van der Waals surface area contributed by atoms with E-state index in [1.807, 2.05) is 6.92 Å². The van der Waals surface area contributed by atoms with Crippen LogP contribution in [-0.4, -0.2) is 46.3 Å². The van der Waals surface area contributed by atoms with Gasteiger partial charge < -0.3 is 16.0 Å². The molecule has 1 aliphatic heterocycles. The van der Waals surface area contributed by atoms with E-state index in [1.54, 1.807) is 11.9 Å². The Labute approximate surface area is 122 Å². The highest BCUT2D eigenvalue weighted by molar-refractivity contribution is 5.85. The maximum absolute atomic E-state index is 11.6. The molecule has 116 valence electrons. The Hall–Kier alpha value is -2.16. The fourth-order valence-corrected chi connectivity index (χ4v) is 2.68. The van der Waals surface area contributed by atoms with Gasteiger partial charge in [-0.25, -0.2) is 4.68 Å². The number of anilines is 1. The Balaban J connectivity index is 2.50. The fraction of sp³-hybridized carbons (Fsp3) is 0.667. The zero-order chi connectivity index (χ0) is 15.6. The smallest absolute Gasteiger partial charge is 0.334 e. The second kappa shape index (κ2) is 6.08. The first kappa shape index (κ1) is 15.2. The van der Waals surface area contributed by atoms with E-state index in [4.69, 9.17) is 5.73 Å². The average Bonchev–Trinajstić information content (AvgIpc) is 2.75. The lowest BCUT2D eigenvalue weighted by atomic mass is 10.1. The van der Waals surface area contributed by atoms with E-state index in [0.717, 1.165) is 6.42 Å². The van der Waals surface area contributed by atoms with Crippen LogP contribution < -0.4 is 16.0 Å². The minimum absolute atomic E-state index is 0.0208. The van der Waals surface area contributed by atoms with Crippen molar-refractivity contribution in [1.29, 1.82) is 0 Å². The number of amides is 1. The highest BCUT2D eigenvalue weighted by atomic mass is 16.6. The molecular formula is C12H20N6O3. The van der Waals surface area contributed by atoms with Gasteiger partial charge in [-0.2, -0.15) is 5.10 Å². The summed E-state index contributed by atoms with van der Waals surface area (Å²) >= 11 is 0. The summed E-state index contributed by atoms with van der Waals surface area (Å²) in [6.07, 6.45) is 1.29. The van der Waals surface area contributed by atoms with Crippen molar-refractivity contribution in [3.8, 4) is 0 Å². The summed E-state index contributed by atoms with van der Waals surface area (Å²) < 4.78 is 1.48. The number of nitrogens with two attached hydrogens (primary N) is 1. The first-order valence-corrected chi connectivity index (χ1v) is 6.94. The van der Waals surface area contributed by atoms with Gasteiger partial charge in [0, 0.05) is 26.7 Å². The van der Waals surface area contributed by atoms with Gasteiger partial charge in [0.15, 0.2) is 0 Å². The van der Waals surface area contributed by atoms with Crippen LogP contribution in [0.4, 0.5) is 11.5 Å². The summed E-state index contributed by atoms with van der Waals surface area (Å²) in [4.78, 5) is 24.3. The van der Waals surface area contributed by atoms with Gasteiger partial charge in [-0.1, -0.05) is 13.3 Å². The summed E-state index contributed by atoms with van der Waals surface area (Å²) in [7, 11) is 1.65. The van der Waals surface area contributed by atoms with Crippen LogP contribution in [0.3, 0.4) is 0 Å². The molecule has 1 atom stereocenters. The number of aryl methyl sites for hydroxylation is 2. The summed E-state index contributed by atoms with van der Waals surface area (Å²) in [5.74, 6) is -0.150. The lowest BCUT2D eigenvalue weighted by molar-refractivity contribution is -0.384. The van der Waals surface area contributed by atoms with Crippen molar-refractivity contribution in [2.75, 3.05) is 24.5 Å². The van der Waals surface area contributed by atoms with Crippen LogP contribution in [0.1, 0.15) is 19.0 Å². The van der Waals surface area contributed by atoms with Crippen molar-refractivity contribution in [1.82, 2.24) is 15.1 Å². The summed E-state index contributed by atoms with van der Waals surface area (Å²) in [5.41, 5.74) is 5.84. The van der Waals surface area contributed by atoms with Gasteiger partial charge in [0.1, 0.15) is 11.7 Å². The molecule has 1 aromatic rings. The first-order valence-electron chi connectivity index (χ1n) is 6.94. The number of carbonyl (C=O) groups is 1. The number of nitro groups is 1. The highest BCUT2D eigenvalue weighted by Crippen LogP contribution is 2.33.